The number of fused-ring (bicyclic) bond motifs is 10. The molecule has 8 heterocycles. The number of rotatable bonds is 6. The fourth-order valence-corrected chi connectivity index (χ4v) is 12.3. The largest absolute Gasteiger partial charge is 0.478 e. The summed E-state index contributed by atoms with van der Waals surface area (Å²) in [5.74, 6) is -1.16. The number of carboxylic acid groups (broad SMARTS) is 2. The van der Waals surface area contributed by atoms with Gasteiger partial charge in [-0.3, -0.25) is 19.6 Å². The number of nitrogens with zero attached hydrogens (tertiary/aromatic N) is 6. The van der Waals surface area contributed by atoms with Gasteiger partial charge < -0.3 is 46.0 Å². The predicted octanol–water partition coefficient (Wildman–Crippen LogP) is 9.63. The van der Waals surface area contributed by atoms with E-state index in [2.05, 4.69) is 15.2 Å². The molecular weight excluding hydrogens is 1000 g/mol. The Labute approximate surface area is 434 Å². The number of amides is 2. The Bertz CT molecular complexity index is 3020. The van der Waals surface area contributed by atoms with Gasteiger partial charge in [0, 0.05) is 93.0 Å². The molecular formula is C57H63N6O8Pd-. The second-order valence-electron chi connectivity index (χ2n) is 19.8. The van der Waals surface area contributed by atoms with Crippen molar-refractivity contribution in [3.05, 3.63) is 119 Å². The molecule has 2 saturated heterocycles. The zero-order chi connectivity index (χ0) is 47.9. The zero-order valence-corrected chi connectivity index (χ0v) is 42.5. The van der Waals surface area contributed by atoms with Gasteiger partial charge in [0.25, 0.3) is 5.91 Å². The van der Waals surface area contributed by atoms with Crippen molar-refractivity contribution in [1.29, 1.82) is 0 Å². The number of benzene rings is 2. The SMILES string of the molecule is O=C(O)c1ccc2c(C3CCCCC3)c3n(c2c1)CC(C(=O)N1CCOCC1)=Cc1cccnc1-3.O=C(O)c1ccc2c(C3CCCCC3)c3n(c2c1)CC(C(=O)N1CCOCC1)Cc1cccnc1-3.[CH3-].[Pd]. The first-order valence-electron chi connectivity index (χ1n) is 25.4. The van der Waals surface area contributed by atoms with Gasteiger partial charge in [-0.05, 0) is 103 Å². The van der Waals surface area contributed by atoms with Gasteiger partial charge in [-0.1, -0.05) is 62.8 Å². The Kier molecular flexibility index (Phi) is 15.6. The maximum atomic E-state index is 13.7. The van der Waals surface area contributed by atoms with Gasteiger partial charge in [0.2, 0.25) is 5.91 Å². The summed E-state index contributed by atoms with van der Waals surface area (Å²) in [6, 6.07) is 18.9. The van der Waals surface area contributed by atoms with Crippen LogP contribution in [-0.4, -0.2) is 115 Å². The van der Waals surface area contributed by atoms with Gasteiger partial charge in [0.1, 0.15) is 0 Å². The molecule has 12 rings (SSSR count). The summed E-state index contributed by atoms with van der Waals surface area (Å²) in [6.45, 7) is 5.52. The first-order valence-corrected chi connectivity index (χ1v) is 25.4. The summed E-state index contributed by atoms with van der Waals surface area (Å²) >= 11 is 0. The molecule has 6 aromatic rings. The van der Waals surface area contributed by atoms with Gasteiger partial charge >= 0.3 is 11.9 Å². The molecule has 1 unspecified atom stereocenters. The van der Waals surface area contributed by atoms with Crippen LogP contribution >= 0.6 is 0 Å². The van der Waals surface area contributed by atoms with Crippen LogP contribution in [-0.2, 0) is 59.0 Å². The second-order valence-corrected chi connectivity index (χ2v) is 19.8. The van der Waals surface area contributed by atoms with Crippen molar-refractivity contribution < 1.29 is 59.3 Å². The summed E-state index contributed by atoms with van der Waals surface area (Å²) in [4.78, 5) is 64.5. The van der Waals surface area contributed by atoms with E-state index in [9.17, 15) is 29.4 Å². The third kappa shape index (κ3) is 9.69. The van der Waals surface area contributed by atoms with Crippen molar-refractivity contribution in [2.45, 2.75) is 95.6 Å². The van der Waals surface area contributed by atoms with E-state index in [0.29, 0.717) is 89.5 Å². The number of hydrogen-bond donors (Lipinski definition) is 2. The van der Waals surface area contributed by atoms with Crippen molar-refractivity contribution >= 4 is 51.6 Å². The minimum absolute atomic E-state index is 0. The number of ether oxygens (including phenoxy) is 2. The third-order valence-electron chi connectivity index (χ3n) is 15.7. The van der Waals surface area contributed by atoms with Crippen molar-refractivity contribution in [2.75, 3.05) is 52.6 Å². The molecule has 2 amide bonds. The van der Waals surface area contributed by atoms with Gasteiger partial charge in [0.15, 0.2) is 0 Å². The minimum atomic E-state index is -0.950. The number of morpholine rings is 2. The van der Waals surface area contributed by atoms with Crippen molar-refractivity contribution in [3.63, 3.8) is 0 Å². The average molecular weight is 1070 g/mol. The number of aromatic carboxylic acids is 2. The molecule has 2 saturated carbocycles. The maximum absolute atomic E-state index is 13.7. The molecule has 6 aliphatic rings. The Morgan fingerprint density at radius 2 is 1.12 bits per heavy atom. The average Bonchev–Trinajstić information content (AvgIpc) is 3.75. The van der Waals surface area contributed by atoms with Crippen LogP contribution in [0.5, 0.6) is 0 Å². The van der Waals surface area contributed by atoms with Gasteiger partial charge in [0.05, 0.1) is 78.3 Å². The number of carbonyl (C=O) groups is 4. The fourth-order valence-electron chi connectivity index (χ4n) is 12.3. The van der Waals surface area contributed by atoms with E-state index in [4.69, 9.17) is 19.4 Å². The van der Waals surface area contributed by atoms with Crippen LogP contribution in [0.1, 0.15) is 119 Å². The molecule has 0 spiro atoms. The van der Waals surface area contributed by atoms with Crippen molar-refractivity contribution in [1.82, 2.24) is 28.9 Å². The molecule has 2 aliphatic carbocycles. The van der Waals surface area contributed by atoms with E-state index in [1.165, 1.54) is 49.7 Å². The summed E-state index contributed by atoms with van der Waals surface area (Å²) in [7, 11) is 0. The summed E-state index contributed by atoms with van der Waals surface area (Å²) in [5.41, 5.74) is 11.5. The van der Waals surface area contributed by atoms with Crippen LogP contribution in [0.4, 0.5) is 0 Å². The molecule has 0 bridgehead atoms. The van der Waals surface area contributed by atoms with E-state index in [0.717, 1.165) is 81.4 Å². The second kappa shape index (κ2) is 22.0. The van der Waals surface area contributed by atoms with E-state index in [-0.39, 0.29) is 56.7 Å². The van der Waals surface area contributed by atoms with Crippen LogP contribution < -0.4 is 0 Å². The Hall–Kier alpha value is -5.98. The molecule has 72 heavy (non-hydrogen) atoms. The normalized spacial score (nSPS) is 19.1. The van der Waals surface area contributed by atoms with Crippen molar-refractivity contribution in [3.8, 4) is 22.8 Å². The van der Waals surface area contributed by atoms with Crippen LogP contribution in [0.15, 0.2) is 78.6 Å². The molecule has 4 fully saturated rings. The van der Waals surface area contributed by atoms with Gasteiger partial charge in [-0.25, -0.2) is 9.59 Å². The molecule has 4 aliphatic heterocycles. The fraction of sp³-hybridized carbons (Fsp3) is 0.421. The molecule has 380 valence electrons. The van der Waals surface area contributed by atoms with Gasteiger partial charge in [-0.15, -0.1) is 0 Å². The smallest absolute Gasteiger partial charge is 0.335 e. The maximum Gasteiger partial charge on any atom is 0.335 e. The van der Waals surface area contributed by atoms with E-state index in [1.54, 1.807) is 30.5 Å². The van der Waals surface area contributed by atoms with E-state index in [1.807, 2.05) is 52.4 Å². The molecule has 2 aromatic carbocycles. The van der Waals surface area contributed by atoms with Crippen LogP contribution in [0.25, 0.3) is 50.7 Å². The number of pyridine rings is 2. The molecule has 0 radical (unpaired) electrons. The number of carboxylic acids is 2. The number of hydrogen-bond acceptors (Lipinski definition) is 8. The standard InChI is InChI=1S/C28H31N3O4.C28H29N3O4.CH3.Pd/c2*32-27(30-11-13-35-14-12-30)21-15-19-7-4-10-29-25(19)26-24(18-5-2-1-3-6-18)22-9-8-20(28(33)34)16-23(22)31(26)17-21;;/h4,7-10,16,18,21H,1-3,5-6,11-15,17H2,(H,33,34);4,7-10,15-16,18H,1-3,5-6,11-14,17H2,(H,33,34);1H3;/q;;-1;. The summed E-state index contributed by atoms with van der Waals surface area (Å²) in [5, 5.41) is 21.6. The topological polar surface area (TPSA) is 169 Å². The predicted molar refractivity (Wildman–Crippen MR) is 272 cm³/mol. The first kappa shape index (κ1) is 50.9. The Morgan fingerprint density at radius 3 is 1.69 bits per heavy atom. The summed E-state index contributed by atoms with van der Waals surface area (Å²) in [6.07, 6.45) is 18.0. The van der Waals surface area contributed by atoms with E-state index < -0.39 is 11.9 Å². The molecule has 1 atom stereocenters. The number of carbonyl (C=O) groups excluding carboxylic acids is 2. The van der Waals surface area contributed by atoms with Crippen LogP contribution in [0.3, 0.4) is 0 Å². The Balaban J connectivity index is 0.000000173. The van der Waals surface area contributed by atoms with Crippen LogP contribution in [0.2, 0.25) is 0 Å². The minimum Gasteiger partial charge on any atom is -0.478 e. The van der Waals surface area contributed by atoms with E-state index >= 15 is 0 Å². The molecule has 14 nitrogen and oxygen atoms in total. The third-order valence-corrected chi connectivity index (χ3v) is 15.7. The monoisotopic (exact) mass is 1070 g/mol. The Morgan fingerprint density at radius 1 is 0.611 bits per heavy atom. The van der Waals surface area contributed by atoms with Crippen LogP contribution in [0, 0.1) is 13.3 Å². The molecule has 4 aromatic heterocycles. The number of aromatic nitrogens is 4. The quantitative estimate of drug-likeness (QED) is 0.121. The van der Waals surface area contributed by atoms with Crippen molar-refractivity contribution in [2.24, 2.45) is 5.92 Å². The summed E-state index contributed by atoms with van der Waals surface area (Å²) < 4.78 is 15.3. The molecule has 15 heteroatoms. The first-order chi connectivity index (χ1) is 34.2. The molecule has 2 N–H and O–H groups in total. The zero-order valence-electron chi connectivity index (χ0n) is 40.9. The van der Waals surface area contributed by atoms with Gasteiger partial charge in [-0.2, -0.15) is 0 Å².